The summed E-state index contributed by atoms with van der Waals surface area (Å²) in [6, 6.07) is 14.8. The number of nitrogens with zero attached hydrogens (tertiary/aromatic N) is 1. The highest BCUT2D eigenvalue weighted by Gasteiger charge is 2.11. The first-order chi connectivity index (χ1) is 12.2. The van der Waals surface area contributed by atoms with Crippen molar-refractivity contribution in [2.24, 2.45) is 0 Å². The third-order valence-electron chi connectivity index (χ3n) is 4.82. The van der Waals surface area contributed by atoms with Gasteiger partial charge in [0.2, 0.25) is 5.91 Å². The van der Waals surface area contributed by atoms with E-state index in [1.165, 1.54) is 22.1 Å². The molecule has 0 aliphatic carbocycles. The van der Waals surface area contributed by atoms with E-state index in [0.29, 0.717) is 6.54 Å². The Morgan fingerprint density at radius 1 is 0.960 bits per heavy atom. The fourth-order valence-corrected chi connectivity index (χ4v) is 3.34. The van der Waals surface area contributed by atoms with Gasteiger partial charge in [0.15, 0.2) is 0 Å². The van der Waals surface area contributed by atoms with Gasteiger partial charge in [-0.2, -0.15) is 0 Å². The van der Waals surface area contributed by atoms with Crippen LogP contribution in [0, 0.1) is 0 Å². The maximum Gasteiger partial charge on any atom is 0.244 e. The van der Waals surface area contributed by atoms with Crippen LogP contribution in [-0.4, -0.2) is 10.5 Å². The van der Waals surface area contributed by atoms with E-state index in [1.807, 2.05) is 10.8 Å². The minimum Gasteiger partial charge on any atom is -0.338 e. The molecule has 130 valence electrons. The van der Waals surface area contributed by atoms with Crippen LogP contribution in [-0.2, 0) is 30.6 Å². The summed E-state index contributed by atoms with van der Waals surface area (Å²) in [5, 5.41) is 4.34. The van der Waals surface area contributed by atoms with Crippen molar-refractivity contribution in [3.63, 3.8) is 0 Å². The minimum absolute atomic E-state index is 0.0210. The summed E-state index contributed by atoms with van der Waals surface area (Å²) >= 11 is 0. The Bertz CT molecular complexity index is 870. The van der Waals surface area contributed by atoms with E-state index in [4.69, 9.17) is 0 Å². The highest BCUT2D eigenvalue weighted by Crippen LogP contribution is 2.23. The van der Waals surface area contributed by atoms with Crippen molar-refractivity contribution in [1.82, 2.24) is 4.57 Å². The van der Waals surface area contributed by atoms with Crippen molar-refractivity contribution in [3.05, 3.63) is 65.4 Å². The first-order valence-electron chi connectivity index (χ1n) is 9.14. The minimum atomic E-state index is 0.0210. The summed E-state index contributed by atoms with van der Waals surface area (Å²) in [5.74, 6) is 0.0210. The fraction of sp³-hybridized carbons (Fsp3) is 0.318. The molecule has 3 heteroatoms. The lowest BCUT2D eigenvalue weighted by atomic mass is 10.0. The number of nitrogens with one attached hydrogen (secondary N) is 1. The smallest absolute Gasteiger partial charge is 0.244 e. The van der Waals surface area contributed by atoms with E-state index >= 15 is 0 Å². The van der Waals surface area contributed by atoms with Gasteiger partial charge in [0, 0.05) is 17.4 Å². The molecule has 0 aliphatic rings. The first-order valence-corrected chi connectivity index (χ1v) is 9.14. The normalized spacial score (nSPS) is 11.0. The summed E-state index contributed by atoms with van der Waals surface area (Å²) in [6.45, 7) is 6.72. The fourth-order valence-electron chi connectivity index (χ4n) is 3.34. The topological polar surface area (TPSA) is 34.0 Å². The first kappa shape index (κ1) is 17.3. The van der Waals surface area contributed by atoms with Gasteiger partial charge in [-0.15, -0.1) is 0 Å². The largest absolute Gasteiger partial charge is 0.338 e. The summed E-state index contributed by atoms with van der Waals surface area (Å²) < 4.78 is 2.02. The molecule has 3 rings (SSSR count). The van der Waals surface area contributed by atoms with Gasteiger partial charge in [0.05, 0.1) is 0 Å². The molecule has 0 saturated carbocycles. The van der Waals surface area contributed by atoms with Crippen molar-refractivity contribution in [1.29, 1.82) is 0 Å². The van der Waals surface area contributed by atoms with Crippen LogP contribution in [0.1, 0.15) is 37.5 Å². The summed E-state index contributed by atoms with van der Waals surface area (Å²) in [6.07, 6.45) is 4.84. The number of anilines is 1. The number of aromatic nitrogens is 1. The number of aryl methyl sites for hydroxylation is 3. The molecule has 3 aromatic rings. The second-order valence-corrected chi connectivity index (χ2v) is 6.40. The van der Waals surface area contributed by atoms with Crippen LogP contribution >= 0.6 is 0 Å². The van der Waals surface area contributed by atoms with Gasteiger partial charge in [-0.1, -0.05) is 45.0 Å². The zero-order chi connectivity index (χ0) is 17.8. The van der Waals surface area contributed by atoms with Crippen molar-refractivity contribution < 1.29 is 4.79 Å². The maximum atomic E-state index is 12.7. The Kier molecular flexibility index (Phi) is 5.22. The molecule has 1 N–H and O–H groups in total. The van der Waals surface area contributed by atoms with E-state index in [0.717, 1.165) is 30.5 Å². The molecule has 1 heterocycles. The van der Waals surface area contributed by atoms with Gasteiger partial charge in [0.1, 0.15) is 6.54 Å². The summed E-state index contributed by atoms with van der Waals surface area (Å²) in [4.78, 5) is 12.7. The SMILES string of the molecule is CCc1ccc2c(ccn2CC(=O)Nc2c(CC)cccc2CC)c1. The number of hydrogen-bond acceptors (Lipinski definition) is 1. The van der Waals surface area contributed by atoms with Crippen molar-refractivity contribution >= 4 is 22.5 Å². The van der Waals surface area contributed by atoms with Crippen LogP contribution in [0.2, 0.25) is 0 Å². The molecule has 0 radical (unpaired) electrons. The lowest BCUT2D eigenvalue weighted by Crippen LogP contribution is -2.20. The van der Waals surface area contributed by atoms with Gasteiger partial charge in [-0.3, -0.25) is 4.79 Å². The molecule has 0 aliphatic heterocycles. The number of carbonyl (C=O) groups is 1. The van der Waals surface area contributed by atoms with Crippen LogP contribution in [0.4, 0.5) is 5.69 Å². The molecule has 25 heavy (non-hydrogen) atoms. The predicted molar refractivity (Wildman–Crippen MR) is 105 cm³/mol. The third-order valence-corrected chi connectivity index (χ3v) is 4.82. The average molecular weight is 334 g/mol. The van der Waals surface area contributed by atoms with Gasteiger partial charge in [-0.25, -0.2) is 0 Å². The van der Waals surface area contributed by atoms with Crippen LogP contribution < -0.4 is 5.32 Å². The molecule has 3 nitrogen and oxygen atoms in total. The standard InChI is InChI=1S/C22H26N2O/c1-4-16-10-11-20-19(14-16)12-13-24(20)15-21(25)23-22-17(5-2)8-7-9-18(22)6-3/h7-14H,4-6,15H2,1-3H3,(H,23,25). The molecule has 0 bridgehead atoms. The third kappa shape index (κ3) is 3.60. The predicted octanol–water partition coefficient (Wildman–Crippen LogP) is 4.97. The Morgan fingerprint density at radius 3 is 2.32 bits per heavy atom. The van der Waals surface area contributed by atoms with E-state index in [9.17, 15) is 4.79 Å². The Hall–Kier alpha value is -2.55. The lowest BCUT2D eigenvalue weighted by molar-refractivity contribution is -0.116. The molecule has 2 aromatic carbocycles. The van der Waals surface area contributed by atoms with Crippen LogP contribution in [0.15, 0.2) is 48.7 Å². The van der Waals surface area contributed by atoms with E-state index in [1.54, 1.807) is 0 Å². The van der Waals surface area contributed by atoms with Crippen molar-refractivity contribution in [2.75, 3.05) is 5.32 Å². The zero-order valence-electron chi connectivity index (χ0n) is 15.3. The Balaban J connectivity index is 1.82. The number of carbonyl (C=O) groups excluding carboxylic acids is 1. The van der Waals surface area contributed by atoms with Crippen LogP contribution in [0.3, 0.4) is 0 Å². The highest BCUT2D eigenvalue weighted by atomic mass is 16.1. The average Bonchev–Trinajstić information content (AvgIpc) is 3.03. The van der Waals surface area contributed by atoms with Gasteiger partial charge < -0.3 is 9.88 Å². The number of hydrogen-bond donors (Lipinski definition) is 1. The van der Waals surface area contributed by atoms with Crippen molar-refractivity contribution in [2.45, 2.75) is 46.6 Å². The molecular weight excluding hydrogens is 308 g/mol. The van der Waals surface area contributed by atoms with E-state index < -0.39 is 0 Å². The van der Waals surface area contributed by atoms with Gasteiger partial charge in [-0.05, 0) is 59.5 Å². The number of amides is 1. The molecule has 1 amide bonds. The second-order valence-electron chi connectivity index (χ2n) is 6.40. The van der Waals surface area contributed by atoms with E-state index in [2.05, 4.69) is 68.6 Å². The summed E-state index contributed by atoms with van der Waals surface area (Å²) in [7, 11) is 0. The van der Waals surface area contributed by atoms with Crippen LogP contribution in [0.5, 0.6) is 0 Å². The lowest BCUT2D eigenvalue weighted by Gasteiger charge is -2.15. The zero-order valence-corrected chi connectivity index (χ0v) is 15.3. The number of fused-ring (bicyclic) bond motifs is 1. The number of para-hydroxylation sites is 1. The quantitative estimate of drug-likeness (QED) is 0.678. The maximum absolute atomic E-state index is 12.7. The van der Waals surface area contributed by atoms with Gasteiger partial charge in [0.25, 0.3) is 0 Å². The molecule has 0 spiro atoms. The van der Waals surface area contributed by atoms with E-state index in [-0.39, 0.29) is 5.91 Å². The Morgan fingerprint density at radius 2 is 1.68 bits per heavy atom. The molecular formula is C22H26N2O. The Labute approximate surface area is 149 Å². The number of benzene rings is 2. The van der Waals surface area contributed by atoms with Crippen molar-refractivity contribution in [3.8, 4) is 0 Å². The summed E-state index contributed by atoms with van der Waals surface area (Å²) in [5.41, 5.74) is 5.79. The molecule has 0 atom stereocenters. The van der Waals surface area contributed by atoms with Crippen LogP contribution in [0.25, 0.3) is 10.9 Å². The molecule has 0 saturated heterocycles. The molecule has 0 fully saturated rings. The molecule has 0 unspecified atom stereocenters. The highest BCUT2D eigenvalue weighted by molar-refractivity contribution is 5.93. The monoisotopic (exact) mass is 334 g/mol. The number of rotatable bonds is 6. The second kappa shape index (κ2) is 7.56. The molecule has 1 aromatic heterocycles. The van der Waals surface area contributed by atoms with Gasteiger partial charge >= 0.3 is 0 Å².